The van der Waals surface area contributed by atoms with Crippen LogP contribution in [0, 0.1) is 17.2 Å². The summed E-state index contributed by atoms with van der Waals surface area (Å²) in [4.78, 5) is 0. The zero-order valence-electron chi connectivity index (χ0n) is 4.99. The molecule has 0 aromatic heterocycles. The number of hydrogen-bond donors (Lipinski definition) is 0. The van der Waals surface area contributed by atoms with Crippen molar-refractivity contribution in [1.29, 1.82) is 5.26 Å². The van der Waals surface area contributed by atoms with E-state index in [1.165, 1.54) is 0 Å². The van der Waals surface area contributed by atoms with Crippen LogP contribution in [0.1, 0.15) is 0 Å². The third-order valence-corrected chi connectivity index (χ3v) is 1.12. The SMILES string of the molecule is N#[13C]C1C=CC=CC=C1. The first-order chi connectivity index (χ1) is 4.43. The zero-order valence-corrected chi connectivity index (χ0v) is 4.99. The Hall–Kier alpha value is -1.29. The van der Waals surface area contributed by atoms with Crippen molar-refractivity contribution in [2.24, 2.45) is 5.92 Å². The van der Waals surface area contributed by atoms with E-state index in [4.69, 9.17) is 5.26 Å². The molecule has 0 saturated heterocycles. The number of nitrogens with zero attached hydrogens (tertiary/aromatic N) is 1. The molecule has 1 aliphatic rings. The minimum Gasteiger partial charge on any atom is -0.197 e. The van der Waals surface area contributed by atoms with E-state index in [0.717, 1.165) is 0 Å². The van der Waals surface area contributed by atoms with Gasteiger partial charge in [-0.1, -0.05) is 36.5 Å². The minimum absolute atomic E-state index is 0.0417. The van der Waals surface area contributed by atoms with Gasteiger partial charge in [-0.15, -0.1) is 0 Å². The van der Waals surface area contributed by atoms with E-state index >= 15 is 0 Å². The molecule has 0 amide bonds. The predicted octanol–water partition coefficient (Wildman–Crippen LogP) is 1.81. The fourth-order valence-corrected chi connectivity index (χ4v) is 0.646. The van der Waals surface area contributed by atoms with E-state index in [1.807, 2.05) is 36.5 Å². The van der Waals surface area contributed by atoms with Gasteiger partial charge in [-0.25, -0.2) is 0 Å². The van der Waals surface area contributed by atoms with Crippen molar-refractivity contribution in [2.75, 3.05) is 0 Å². The summed E-state index contributed by atoms with van der Waals surface area (Å²) in [5.74, 6) is -0.0417. The molecule has 0 aromatic carbocycles. The molecule has 0 unspecified atom stereocenters. The summed E-state index contributed by atoms with van der Waals surface area (Å²) >= 11 is 0. The van der Waals surface area contributed by atoms with Gasteiger partial charge in [0.25, 0.3) is 0 Å². The second-order valence-corrected chi connectivity index (χ2v) is 1.81. The molecule has 0 N–H and O–H groups in total. The van der Waals surface area contributed by atoms with Crippen molar-refractivity contribution in [3.8, 4) is 6.07 Å². The number of rotatable bonds is 0. The first-order valence-corrected chi connectivity index (χ1v) is 2.85. The highest BCUT2D eigenvalue weighted by Gasteiger charge is 1.94. The Morgan fingerprint density at radius 2 is 1.56 bits per heavy atom. The van der Waals surface area contributed by atoms with Crippen LogP contribution < -0.4 is 0 Å². The Morgan fingerprint density at radius 1 is 1.00 bits per heavy atom. The van der Waals surface area contributed by atoms with Crippen LogP contribution in [0.3, 0.4) is 0 Å². The van der Waals surface area contributed by atoms with Crippen molar-refractivity contribution in [2.45, 2.75) is 0 Å². The van der Waals surface area contributed by atoms with E-state index in [0.29, 0.717) is 0 Å². The van der Waals surface area contributed by atoms with Crippen LogP contribution >= 0.6 is 0 Å². The molecular weight excluding hydrogens is 111 g/mol. The lowest BCUT2D eigenvalue weighted by Gasteiger charge is -1.87. The first-order valence-electron chi connectivity index (χ1n) is 2.85. The van der Waals surface area contributed by atoms with Gasteiger partial charge in [-0.2, -0.15) is 5.26 Å². The molecule has 1 heteroatoms. The lowest BCUT2D eigenvalue weighted by atomic mass is 10.2. The summed E-state index contributed by atoms with van der Waals surface area (Å²) in [5.41, 5.74) is 0. The summed E-state index contributed by atoms with van der Waals surface area (Å²) in [6, 6.07) is 2.13. The maximum atomic E-state index is 8.44. The van der Waals surface area contributed by atoms with E-state index < -0.39 is 0 Å². The molecule has 1 nitrogen and oxygen atoms in total. The molecule has 1 rings (SSSR count). The summed E-state index contributed by atoms with van der Waals surface area (Å²) in [6.07, 6.45) is 11.3. The highest BCUT2D eigenvalue weighted by Crippen LogP contribution is 2.02. The second kappa shape index (κ2) is 2.88. The van der Waals surface area contributed by atoms with Crippen molar-refractivity contribution in [3.05, 3.63) is 36.5 Å². The van der Waals surface area contributed by atoms with Crippen molar-refractivity contribution in [1.82, 2.24) is 0 Å². The standard InChI is InChI=1S/C8H7N/c9-7-8-5-3-1-2-4-6-8/h1-6,8H/i7+1. The van der Waals surface area contributed by atoms with Gasteiger partial charge in [0.1, 0.15) is 0 Å². The normalized spacial score (nSPS) is 17.2. The van der Waals surface area contributed by atoms with Crippen LogP contribution in [0.4, 0.5) is 0 Å². The van der Waals surface area contributed by atoms with Crippen molar-refractivity contribution in [3.63, 3.8) is 0 Å². The average molecular weight is 118 g/mol. The smallest absolute Gasteiger partial charge is 0.0830 e. The summed E-state index contributed by atoms with van der Waals surface area (Å²) < 4.78 is 0. The summed E-state index contributed by atoms with van der Waals surface area (Å²) in [6.45, 7) is 0. The van der Waals surface area contributed by atoms with Gasteiger partial charge >= 0.3 is 0 Å². The lowest BCUT2D eigenvalue weighted by molar-refractivity contribution is 1.08. The Balaban J connectivity index is 2.72. The minimum atomic E-state index is -0.0417. The van der Waals surface area contributed by atoms with Crippen LogP contribution in [-0.2, 0) is 0 Å². The Bertz CT molecular complexity index is 187. The molecule has 9 heavy (non-hydrogen) atoms. The molecule has 44 valence electrons. The van der Waals surface area contributed by atoms with Gasteiger partial charge in [0.2, 0.25) is 0 Å². The van der Waals surface area contributed by atoms with E-state index in [1.54, 1.807) is 0 Å². The lowest BCUT2D eigenvalue weighted by Crippen LogP contribution is -1.82. The Morgan fingerprint density at radius 3 is 2.00 bits per heavy atom. The molecule has 0 saturated carbocycles. The van der Waals surface area contributed by atoms with Crippen molar-refractivity contribution >= 4 is 0 Å². The maximum Gasteiger partial charge on any atom is 0.0830 e. The second-order valence-electron chi connectivity index (χ2n) is 1.81. The number of hydrogen-bond acceptors (Lipinski definition) is 1. The quantitative estimate of drug-likeness (QED) is 0.445. The average Bonchev–Trinajstić information content (AvgIpc) is 2.13. The molecule has 0 radical (unpaired) electrons. The van der Waals surface area contributed by atoms with Gasteiger partial charge in [0.05, 0.1) is 12.0 Å². The summed E-state index contributed by atoms with van der Waals surface area (Å²) in [5, 5.41) is 8.44. The van der Waals surface area contributed by atoms with Crippen LogP contribution in [0.2, 0.25) is 0 Å². The van der Waals surface area contributed by atoms with Crippen LogP contribution in [0.5, 0.6) is 0 Å². The predicted molar refractivity (Wildman–Crippen MR) is 36.5 cm³/mol. The Labute approximate surface area is 54.6 Å². The molecule has 0 fully saturated rings. The first kappa shape index (κ1) is 5.84. The third-order valence-electron chi connectivity index (χ3n) is 1.12. The highest BCUT2D eigenvalue weighted by molar-refractivity contribution is 5.23. The van der Waals surface area contributed by atoms with Crippen molar-refractivity contribution < 1.29 is 0 Å². The van der Waals surface area contributed by atoms with Gasteiger partial charge in [0, 0.05) is 0 Å². The summed E-state index contributed by atoms with van der Waals surface area (Å²) in [7, 11) is 0. The molecule has 1 aliphatic carbocycles. The molecule has 0 bridgehead atoms. The third kappa shape index (κ3) is 1.58. The molecular formula is C8H7N. The highest BCUT2D eigenvalue weighted by atomic mass is 14.4. The van der Waals surface area contributed by atoms with Crippen LogP contribution in [-0.4, -0.2) is 0 Å². The number of allylic oxidation sites excluding steroid dienone is 6. The molecule has 0 aliphatic heterocycles. The zero-order chi connectivity index (χ0) is 6.53. The van der Waals surface area contributed by atoms with Crippen LogP contribution in [0.25, 0.3) is 0 Å². The van der Waals surface area contributed by atoms with Gasteiger partial charge < -0.3 is 0 Å². The van der Waals surface area contributed by atoms with Gasteiger partial charge in [0.15, 0.2) is 0 Å². The van der Waals surface area contributed by atoms with Gasteiger partial charge in [-0.3, -0.25) is 0 Å². The molecule has 0 spiro atoms. The molecule has 0 heterocycles. The molecule has 0 aromatic rings. The largest absolute Gasteiger partial charge is 0.197 e. The van der Waals surface area contributed by atoms with E-state index in [-0.39, 0.29) is 5.92 Å². The van der Waals surface area contributed by atoms with E-state index in [2.05, 4.69) is 6.07 Å². The Kier molecular flexibility index (Phi) is 1.87. The fourth-order valence-electron chi connectivity index (χ4n) is 0.646. The topological polar surface area (TPSA) is 23.8 Å². The van der Waals surface area contributed by atoms with E-state index in [9.17, 15) is 0 Å². The van der Waals surface area contributed by atoms with Gasteiger partial charge in [-0.05, 0) is 0 Å². The maximum absolute atomic E-state index is 8.44. The van der Waals surface area contributed by atoms with Crippen LogP contribution in [0.15, 0.2) is 36.5 Å². The monoisotopic (exact) mass is 118 g/mol. The fraction of sp³-hybridized carbons (Fsp3) is 0.125. The number of nitriles is 1. The molecule has 0 atom stereocenters.